The van der Waals surface area contributed by atoms with Crippen LogP contribution in [-0.2, 0) is 10.2 Å². The predicted molar refractivity (Wildman–Crippen MR) is 68.3 cm³/mol. The summed E-state index contributed by atoms with van der Waals surface area (Å²) in [6.07, 6.45) is -0.815. The van der Waals surface area contributed by atoms with E-state index >= 15 is 0 Å². The summed E-state index contributed by atoms with van der Waals surface area (Å²) in [5, 5.41) is 3.17. The van der Waals surface area contributed by atoms with Crippen LogP contribution in [0.2, 0.25) is 0 Å². The van der Waals surface area contributed by atoms with Gasteiger partial charge in [-0.05, 0) is 38.1 Å². The summed E-state index contributed by atoms with van der Waals surface area (Å²) < 4.78 is 63.4. The molecule has 1 atom stereocenters. The highest BCUT2D eigenvalue weighted by Crippen LogP contribution is 2.30. The van der Waals surface area contributed by atoms with E-state index in [9.17, 15) is 21.6 Å². The molecule has 1 saturated carbocycles. The van der Waals surface area contributed by atoms with Crippen LogP contribution in [0.5, 0.6) is 0 Å². The molecule has 118 valence electrons. The molecule has 0 bridgehead atoms. The second-order valence-corrected chi connectivity index (χ2v) is 7.25. The molecule has 2 rings (SSSR count). The molecule has 0 spiro atoms. The minimum atomic E-state index is -4.54. The highest BCUT2D eigenvalue weighted by atomic mass is 32.2. The Labute approximate surface area is 117 Å². The lowest BCUT2D eigenvalue weighted by Gasteiger charge is -2.25. The molecular weight excluding hydrogens is 295 g/mol. The van der Waals surface area contributed by atoms with E-state index in [1.165, 1.54) is 4.31 Å². The summed E-state index contributed by atoms with van der Waals surface area (Å²) in [6.45, 7) is -0.137. The molecule has 9 heteroatoms. The van der Waals surface area contributed by atoms with Crippen molar-refractivity contribution >= 4 is 10.2 Å². The van der Waals surface area contributed by atoms with E-state index in [1.807, 2.05) is 0 Å². The second kappa shape index (κ2) is 6.17. The molecule has 1 saturated heterocycles. The van der Waals surface area contributed by atoms with Crippen molar-refractivity contribution in [2.24, 2.45) is 5.92 Å². The zero-order valence-electron chi connectivity index (χ0n) is 11.1. The quantitative estimate of drug-likeness (QED) is 0.732. The Hall–Kier alpha value is -0.380. The molecule has 1 heterocycles. The number of halogens is 3. The van der Waals surface area contributed by atoms with Crippen molar-refractivity contribution in [3.63, 3.8) is 0 Å². The maximum absolute atomic E-state index is 12.2. The van der Waals surface area contributed by atoms with Gasteiger partial charge < -0.3 is 5.32 Å². The summed E-state index contributed by atoms with van der Waals surface area (Å²) >= 11 is 0. The zero-order chi connectivity index (χ0) is 14.8. The molecule has 0 amide bonds. The van der Waals surface area contributed by atoms with E-state index < -0.39 is 22.9 Å². The Kier molecular flexibility index (Phi) is 4.93. The number of nitrogens with one attached hydrogen (secondary N) is 2. The third-order valence-corrected chi connectivity index (χ3v) is 5.03. The maximum Gasteiger partial charge on any atom is 0.402 e. The molecule has 5 nitrogen and oxygen atoms in total. The van der Waals surface area contributed by atoms with Crippen molar-refractivity contribution < 1.29 is 21.6 Å². The van der Waals surface area contributed by atoms with E-state index in [-0.39, 0.29) is 12.6 Å². The van der Waals surface area contributed by atoms with E-state index in [0.29, 0.717) is 12.5 Å². The lowest BCUT2D eigenvalue weighted by Crippen LogP contribution is -2.49. The number of alkyl halides is 3. The van der Waals surface area contributed by atoms with Crippen LogP contribution >= 0.6 is 0 Å². The van der Waals surface area contributed by atoms with Crippen LogP contribution in [0.3, 0.4) is 0 Å². The van der Waals surface area contributed by atoms with Gasteiger partial charge >= 0.3 is 6.18 Å². The fraction of sp³-hybridized carbons (Fsp3) is 1.00. The van der Waals surface area contributed by atoms with Gasteiger partial charge in [0.1, 0.15) is 6.54 Å². The Morgan fingerprint density at radius 3 is 2.40 bits per heavy atom. The summed E-state index contributed by atoms with van der Waals surface area (Å²) in [7, 11) is -4.07. The Morgan fingerprint density at radius 1 is 1.20 bits per heavy atom. The van der Waals surface area contributed by atoms with Crippen molar-refractivity contribution in [2.45, 2.75) is 37.9 Å². The minimum Gasteiger partial charge on any atom is -0.313 e. The maximum atomic E-state index is 12.2. The van der Waals surface area contributed by atoms with Crippen LogP contribution in [-0.4, -0.2) is 51.1 Å². The first kappa shape index (κ1) is 16.0. The fourth-order valence-corrected chi connectivity index (χ4v) is 3.59. The molecule has 1 unspecified atom stereocenters. The van der Waals surface area contributed by atoms with Gasteiger partial charge in [0.25, 0.3) is 10.2 Å². The van der Waals surface area contributed by atoms with E-state index in [1.54, 1.807) is 4.72 Å². The molecule has 0 aromatic rings. The van der Waals surface area contributed by atoms with Crippen LogP contribution in [0.1, 0.15) is 25.7 Å². The topological polar surface area (TPSA) is 61.4 Å². The second-order valence-electron chi connectivity index (χ2n) is 5.49. The summed E-state index contributed by atoms with van der Waals surface area (Å²) in [4.78, 5) is 0. The summed E-state index contributed by atoms with van der Waals surface area (Å²) in [5.41, 5.74) is 0. The standard InChI is InChI=1S/C11H20F3N3O2S/c12-11(13,14)8-16-20(18,19)17(6-9-3-4-9)7-10-2-1-5-15-10/h9-10,15-16H,1-8H2. The monoisotopic (exact) mass is 315 g/mol. The first-order valence-electron chi connectivity index (χ1n) is 6.81. The van der Waals surface area contributed by atoms with Crippen LogP contribution in [0, 0.1) is 5.92 Å². The highest BCUT2D eigenvalue weighted by molar-refractivity contribution is 7.87. The molecule has 0 aromatic heterocycles. The molecule has 2 fully saturated rings. The van der Waals surface area contributed by atoms with Crippen molar-refractivity contribution in [3.05, 3.63) is 0 Å². The van der Waals surface area contributed by atoms with Gasteiger partial charge in [-0.15, -0.1) is 0 Å². The van der Waals surface area contributed by atoms with Crippen molar-refractivity contribution in [1.82, 2.24) is 14.3 Å². The number of hydrogen-bond donors (Lipinski definition) is 2. The van der Waals surface area contributed by atoms with Gasteiger partial charge in [-0.3, -0.25) is 0 Å². The average Bonchev–Trinajstić information content (AvgIpc) is 3.00. The number of rotatable bonds is 7. The zero-order valence-corrected chi connectivity index (χ0v) is 11.9. The molecule has 20 heavy (non-hydrogen) atoms. The van der Waals surface area contributed by atoms with Crippen LogP contribution < -0.4 is 10.0 Å². The largest absolute Gasteiger partial charge is 0.402 e. The molecule has 0 aromatic carbocycles. The molecule has 2 aliphatic rings. The highest BCUT2D eigenvalue weighted by Gasteiger charge is 2.35. The summed E-state index contributed by atoms with van der Waals surface area (Å²) in [5.74, 6) is 0.291. The smallest absolute Gasteiger partial charge is 0.313 e. The third kappa shape index (κ3) is 5.19. The Bertz CT molecular complexity index is 417. The average molecular weight is 315 g/mol. The van der Waals surface area contributed by atoms with Gasteiger partial charge in [-0.1, -0.05) is 0 Å². The van der Waals surface area contributed by atoms with E-state index in [0.717, 1.165) is 32.2 Å². The van der Waals surface area contributed by atoms with Crippen molar-refractivity contribution in [2.75, 3.05) is 26.2 Å². The molecule has 1 aliphatic carbocycles. The van der Waals surface area contributed by atoms with Gasteiger partial charge in [0.05, 0.1) is 0 Å². The normalized spacial score (nSPS) is 24.5. The van der Waals surface area contributed by atoms with Crippen LogP contribution in [0.25, 0.3) is 0 Å². The first-order valence-corrected chi connectivity index (χ1v) is 8.25. The van der Waals surface area contributed by atoms with Crippen LogP contribution in [0.15, 0.2) is 0 Å². The first-order chi connectivity index (χ1) is 9.26. The lowest BCUT2D eigenvalue weighted by molar-refractivity contribution is -0.121. The van der Waals surface area contributed by atoms with Crippen molar-refractivity contribution in [3.8, 4) is 0 Å². The molecule has 2 N–H and O–H groups in total. The van der Waals surface area contributed by atoms with Gasteiger partial charge in [0.2, 0.25) is 0 Å². The molecular formula is C11H20F3N3O2S. The van der Waals surface area contributed by atoms with E-state index in [2.05, 4.69) is 5.32 Å². The summed E-state index contributed by atoms with van der Waals surface area (Å²) in [6, 6.07) is 0.0382. The number of hydrogen-bond acceptors (Lipinski definition) is 3. The Balaban J connectivity index is 1.95. The predicted octanol–water partition coefficient (Wildman–Crippen LogP) is 0.847. The van der Waals surface area contributed by atoms with Crippen molar-refractivity contribution in [1.29, 1.82) is 0 Å². The minimum absolute atomic E-state index is 0.0382. The van der Waals surface area contributed by atoms with Gasteiger partial charge in [-0.2, -0.15) is 30.6 Å². The molecule has 1 aliphatic heterocycles. The SMILES string of the molecule is O=S(=O)(NCC(F)(F)F)N(CC1CC1)CC1CCCN1. The lowest BCUT2D eigenvalue weighted by atomic mass is 10.2. The van der Waals surface area contributed by atoms with E-state index in [4.69, 9.17) is 0 Å². The van der Waals surface area contributed by atoms with Gasteiger partial charge in [-0.25, -0.2) is 0 Å². The fourth-order valence-electron chi connectivity index (χ4n) is 2.28. The third-order valence-electron chi connectivity index (χ3n) is 3.54. The van der Waals surface area contributed by atoms with Crippen LogP contribution in [0.4, 0.5) is 13.2 Å². The Morgan fingerprint density at radius 2 is 1.90 bits per heavy atom. The van der Waals surface area contributed by atoms with Gasteiger partial charge in [0, 0.05) is 19.1 Å². The number of nitrogens with zero attached hydrogens (tertiary/aromatic N) is 1. The molecule has 0 radical (unpaired) electrons. The van der Waals surface area contributed by atoms with Gasteiger partial charge in [0.15, 0.2) is 0 Å².